The standard InChI is InChI=1S/C43H27N3.C29H26BNO2/c1-2-10-28(11-3-1)29-18-20-31(21-19-29)41-36-15-7-9-17-39(36)45-43(46-41)33-24-22-32(23-25-33)42-37-27-26-30-12-4-5-13-34(30)40(37)35-14-6-8-16-38(35)44-42;1-28(2)29(3,4)33-30(32-28)21-16-13-20(14-17-21)27-24-18-15-19-9-5-6-10-22(19)26(24)23-11-7-8-12-25(23)31-27/h1-27H;5-18H,1-4H3. The average Bonchev–Trinajstić information content (AvgIpc) is 3.97. The summed E-state index contributed by atoms with van der Waals surface area (Å²) in [4.78, 5) is 20.4. The number of nitrogens with zero attached hydrogens (tertiary/aromatic N) is 4. The fourth-order valence-electron chi connectivity index (χ4n) is 11.3. The summed E-state index contributed by atoms with van der Waals surface area (Å²) in [6.07, 6.45) is 0. The first-order chi connectivity index (χ1) is 38.6. The number of rotatable bonds is 6. The maximum Gasteiger partial charge on any atom is 0.494 e. The van der Waals surface area contributed by atoms with Crippen LogP contribution in [0.25, 0.3) is 132 Å². The van der Waals surface area contributed by atoms with Crippen molar-refractivity contribution in [1.29, 1.82) is 0 Å². The summed E-state index contributed by atoms with van der Waals surface area (Å²) in [6, 6.07) is 87.1. The minimum Gasteiger partial charge on any atom is -0.399 e. The third-order valence-electron chi connectivity index (χ3n) is 16.2. The van der Waals surface area contributed by atoms with Crippen LogP contribution in [0, 0.1) is 0 Å². The molecule has 14 aromatic rings. The Hall–Kier alpha value is -9.40. The molecule has 0 spiro atoms. The summed E-state index contributed by atoms with van der Waals surface area (Å²) in [7, 11) is -0.366. The van der Waals surface area contributed by atoms with Gasteiger partial charge in [-0.2, -0.15) is 0 Å². The van der Waals surface area contributed by atoms with Crippen LogP contribution < -0.4 is 5.46 Å². The molecule has 1 aliphatic rings. The lowest BCUT2D eigenvalue weighted by molar-refractivity contribution is 0.00578. The Kier molecular flexibility index (Phi) is 11.7. The summed E-state index contributed by atoms with van der Waals surface area (Å²) >= 11 is 0. The Bertz CT molecular complexity index is 4610. The molecule has 7 heteroatoms. The Balaban J connectivity index is 0.000000151. The molecule has 376 valence electrons. The molecule has 1 fully saturated rings. The second-order valence-electron chi connectivity index (χ2n) is 21.5. The lowest BCUT2D eigenvalue weighted by Gasteiger charge is -2.32. The van der Waals surface area contributed by atoms with Gasteiger partial charge >= 0.3 is 7.12 Å². The molecule has 79 heavy (non-hydrogen) atoms. The van der Waals surface area contributed by atoms with Gasteiger partial charge < -0.3 is 9.31 Å². The van der Waals surface area contributed by atoms with Gasteiger partial charge in [-0.1, -0.05) is 231 Å². The van der Waals surface area contributed by atoms with Crippen LogP contribution in [-0.4, -0.2) is 38.3 Å². The van der Waals surface area contributed by atoms with Gasteiger partial charge in [0.2, 0.25) is 0 Å². The van der Waals surface area contributed by atoms with E-state index in [9.17, 15) is 0 Å². The van der Waals surface area contributed by atoms with Gasteiger partial charge in [0.15, 0.2) is 5.82 Å². The molecule has 0 saturated carbocycles. The SMILES string of the molecule is CC1(C)OB(c2ccc(-c3nc4ccccc4c4c3ccc3ccccc34)cc2)OC1(C)C.c1ccc(-c2ccc(-c3nc(-c4ccc(-c5nc6ccccc6c6c5ccc5ccccc56)cc4)nc4ccccc34)cc2)cc1. The monoisotopic (exact) mass is 1020 g/mol. The number of hydrogen-bond acceptors (Lipinski definition) is 6. The smallest absolute Gasteiger partial charge is 0.399 e. The molecule has 0 bridgehead atoms. The Morgan fingerprint density at radius 2 is 0.646 bits per heavy atom. The van der Waals surface area contributed by atoms with E-state index in [2.05, 4.69) is 258 Å². The van der Waals surface area contributed by atoms with E-state index in [-0.39, 0.29) is 18.3 Å². The molecule has 15 rings (SSSR count). The molecule has 3 aromatic heterocycles. The van der Waals surface area contributed by atoms with Crippen molar-refractivity contribution >= 4 is 88.4 Å². The highest BCUT2D eigenvalue weighted by atomic mass is 16.7. The summed E-state index contributed by atoms with van der Waals surface area (Å²) in [5.74, 6) is 0.703. The number of pyridine rings is 2. The fraction of sp³-hybridized carbons (Fsp3) is 0.0833. The normalized spacial score (nSPS) is 13.9. The van der Waals surface area contributed by atoms with E-state index in [0.717, 1.165) is 77.5 Å². The van der Waals surface area contributed by atoms with Crippen LogP contribution in [0.2, 0.25) is 0 Å². The summed E-state index contributed by atoms with van der Waals surface area (Å²) in [6.45, 7) is 8.32. The molecule has 0 atom stereocenters. The van der Waals surface area contributed by atoms with E-state index in [1.165, 1.54) is 54.2 Å². The second kappa shape index (κ2) is 19.3. The molecule has 1 aliphatic heterocycles. The zero-order valence-corrected chi connectivity index (χ0v) is 44.4. The van der Waals surface area contributed by atoms with Crippen LogP contribution in [-0.2, 0) is 9.31 Å². The second-order valence-corrected chi connectivity index (χ2v) is 21.5. The molecule has 0 N–H and O–H groups in total. The van der Waals surface area contributed by atoms with Gasteiger partial charge in [0.05, 0.1) is 44.8 Å². The summed E-state index contributed by atoms with van der Waals surface area (Å²) < 4.78 is 12.5. The maximum absolute atomic E-state index is 6.23. The molecule has 0 radical (unpaired) electrons. The molecule has 0 aliphatic carbocycles. The summed E-state index contributed by atoms with van der Waals surface area (Å²) in [5.41, 5.74) is 12.7. The summed E-state index contributed by atoms with van der Waals surface area (Å²) in [5, 5.41) is 13.2. The van der Waals surface area contributed by atoms with E-state index in [1.54, 1.807) is 0 Å². The van der Waals surface area contributed by atoms with Crippen LogP contribution in [0.15, 0.2) is 249 Å². The Labute approximate surface area is 459 Å². The fourth-order valence-corrected chi connectivity index (χ4v) is 11.3. The zero-order chi connectivity index (χ0) is 53.2. The highest BCUT2D eigenvalue weighted by Crippen LogP contribution is 2.41. The average molecular weight is 1020 g/mol. The first-order valence-corrected chi connectivity index (χ1v) is 27.0. The van der Waals surface area contributed by atoms with Gasteiger partial charge in [-0.25, -0.2) is 19.9 Å². The lowest BCUT2D eigenvalue weighted by Crippen LogP contribution is -2.41. The van der Waals surface area contributed by atoms with Crippen molar-refractivity contribution < 1.29 is 9.31 Å². The molecule has 0 unspecified atom stereocenters. The van der Waals surface area contributed by atoms with Crippen molar-refractivity contribution in [2.75, 3.05) is 0 Å². The molecule has 11 aromatic carbocycles. The van der Waals surface area contributed by atoms with E-state index in [1.807, 2.05) is 18.2 Å². The lowest BCUT2D eigenvalue weighted by atomic mass is 9.78. The zero-order valence-electron chi connectivity index (χ0n) is 44.4. The van der Waals surface area contributed by atoms with E-state index in [0.29, 0.717) is 5.82 Å². The van der Waals surface area contributed by atoms with Crippen LogP contribution in [0.5, 0.6) is 0 Å². The van der Waals surface area contributed by atoms with Crippen LogP contribution in [0.4, 0.5) is 0 Å². The number of para-hydroxylation sites is 3. The first-order valence-electron chi connectivity index (χ1n) is 27.0. The molecule has 6 nitrogen and oxygen atoms in total. The number of fused-ring (bicyclic) bond motifs is 11. The third-order valence-corrected chi connectivity index (χ3v) is 16.2. The minimum atomic E-state index is -0.366. The number of hydrogen-bond donors (Lipinski definition) is 0. The molecule has 1 saturated heterocycles. The van der Waals surface area contributed by atoms with Crippen molar-refractivity contribution in [1.82, 2.24) is 19.9 Å². The van der Waals surface area contributed by atoms with Crippen molar-refractivity contribution in [3.63, 3.8) is 0 Å². The highest BCUT2D eigenvalue weighted by molar-refractivity contribution is 6.62. The van der Waals surface area contributed by atoms with E-state index in [4.69, 9.17) is 29.2 Å². The van der Waals surface area contributed by atoms with Crippen LogP contribution in [0.1, 0.15) is 27.7 Å². The van der Waals surface area contributed by atoms with Gasteiger partial charge in [0.25, 0.3) is 0 Å². The largest absolute Gasteiger partial charge is 0.494 e. The van der Waals surface area contributed by atoms with Gasteiger partial charge in [-0.05, 0) is 84.0 Å². The van der Waals surface area contributed by atoms with Gasteiger partial charge in [-0.15, -0.1) is 0 Å². The maximum atomic E-state index is 6.23. The predicted octanol–water partition coefficient (Wildman–Crippen LogP) is 17.7. The topological polar surface area (TPSA) is 70.0 Å². The Morgan fingerprint density at radius 3 is 1.15 bits per heavy atom. The van der Waals surface area contributed by atoms with Crippen molar-refractivity contribution in [3.8, 4) is 56.3 Å². The quantitative estimate of drug-likeness (QED) is 0.122. The van der Waals surface area contributed by atoms with Gasteiger partial charge in [-0.3, -0.25) is 0 Å². The van der Waals surface area contributed by atoms with Crippen molar-refractivity contribution in [3.05, 3.63) is 249 Å². The first kappa shape index (κ1) is 48.0. The van der Waals surface area contributed by atoms with Gasteiger partial charge in [0.1, 0.15) is 0 Å². The predicted molar refractivity (Wildman–Crippen MR) is 330 cm³/mol. The minimum absolute atomic E-state index is 0.354. The van der Waals surface area contributed by atoms with Gasteiger partial charge in [0, 0.05) is 60.0 Å². The van der Waals surface area contributed by atoms with Crippen molar-refractivity contribution in [2.45, 2.75) is 38.9 Å². The van der Waals surface area contributed by atoms with Crippen LogP contribution >= 0.6 is 0 Å². The molecule has 4 heterocycles. The number of aromatic nitrogens is 4. The van der Waals surface area contributed by atoms with E-state index < -0.39 is 0 Å². The van der Waals surface area contributed by atoms with E-state index >= 15 is 0 Å². The van der Waals surface area contributed by atoms with Crippen LogP contribution in [0.3, 0.4) is 0 Å². The van der Waals surface area contributed by atoms with Crippen molar-refractivity contribution in [2.24, 2.45) is 0 Å². The Morgan fingerprint density at radius 1 is 0.278 bits per heavy atom. The molecular formula is C72H53BN4O2. The number of benzene rings is 11. The molecular weight excluding hydrogens is 964 g/mol. The highest BCUT2D eigenvalue weighted by Gasteiger charge is 2.51. The third kappa shape index (κ3) is 8.56. The molecule has 0 amide bonds.